The summed E-state index contributed by atoms with van der Waals surface area (Å²) < 4.78 is 42.1. The van der Waals surface area contributed by atoms with Crippen molar-refractivity contribution in [2.45, 2.75) is 130 Å². The maximum absolute atomic E-state index is 13.1. The molecule has 0 aromatic carbocycles. The van der Waals surface area contributed by atoms with Crippen LogP contribution in [-0.2, 0) is 61.9 Å². The highest BCUT2D eigenvalue weighted by atomic mass is 16.6. The maximum Gasteiger partial charge on any atom is 0.303 e. The van der Waals surface area contributed by atoms with E-state index in [-0.39, 0.29) is 25.0 Å². The van der Waals surface area contributed by atoms with Gasteiger partial charge in [0, 0.05) is 65.7 Å². The minimum atomic E-state index is -1.87. The van der Waals surface area contributed by atoms with E-state index in [1.54, 1.807) is 27.7 Å². The molecule has 10 atom stereocenters. The third-order valence-electron chi connectivity index (χ3n) is 10.3. The molecule has 14 nitrogen and oxygen atoms in total. The van der Waals surface area contributed by atoms with Gasteiger partial charge in [-0.1, -0.05) is 20.8 Å². The lowest BCUT2D eigenvalue weighted by molar-refractivity contribution is -0.287. The van der Waals surface area contributed by atoms with Gasteiger partial charge < -0.3 is 38.3 Å². The predicted octanol–water partition coefficient (Wildman–Crippen LogP) is 1.86. The Labute approximate surface area is 267 Å². The first-order valence-electron chi connectivity index (χ1n) is 15.2. The number of epoxide rings is 1. The molecule has 0 radical (unpaired) electrons. The summed E-state index contributed by atoms with van der Waals surface area (Å²) in [5.74, 6) is -5.71. The van der Waals surface area contributed by atoms with Crippen LogP contribution in [0.2, 0.25) is 0 Å². The van der Waals surface area contributed by atoms with E-state index < -0.39 is 100 Å². The summed E-state index contributed by atoms with van der Waals surface area (Å²) in [5, 5.41) is 11.6. The molecule has 2 saturated carbocycles. The van der Waals surface area contributed by atoms with Gasteiger partial charge in [-0.25, -0.2) is 0 Å². The molecule has 1 aliphatic heterocycles. The molecule has 4 rings (SSSR count). The summed E-state index contributed by atoms with van der Waals surface area (Å²) in [7, 11) is 0. The van der Waals surface area contributed by atoms with Gasteiger partial charge in [-0.3, -0.25) is 28.8 Å². The van der Waals surface area contributed by atoms with Crippen LogP contribution in [0.4, 0.5) is 0 Å². The van der Waals surface area contributed by atoms with Crippen LogP contribution >= 0.6 is 0 Å². The summed E-state index contributed by atoms with van der Waals surface area (Å²) in [6.07, 6.45) is -8.36. The summed E-state index contributed by atoms with van der Waals surface area (Å²) in [6.45, 7) is 13.7. The fraction of sp³-hybridized carbons (Fsp3) is 0.750. The van der Waals surface area contributed by atoms with Crippen molar-refractivity contribution in [1.29, 1.82) is 0 Å². The number of aliphatic hydroxyl groups excluding tert-OH is 1. The highest BCUT2D eigenvalue weighted by molar-refractivity contribution is 5.71. The van der Waals surface area contributed by atoms with E-state index in [1.807, 2.05) is 0 Å². The zero-order valence-corrected chi connectivity index (χ0v) is 27.9. The van der Waals surface area contributed by atoms with Crippen LogP contribution < -0.4 is 0 Å². The molecule has 0 unspecified atom stereocenters. The Hall–Kier alpha value is -3.52. The van der Waals surface area contributed by atoms with Crippen molar-refractivity contribution in [1.82, 2.24) is 0 Å². The zero-order chi connectivity index (χ0) is 34.7. The molecular formula is C32H44O14. The Morgan fingerprint density at radius 2 is 1.24 bits per heavy atom. The molecule has 0 aromatic rings. The van der Waals surface area contributed by atoms with Crippen LogP contribution in [0, 0.1) is 16.7 Å². The van der Waals surface area contributed by atoms with Crippen molar-refractivity contribution in [3.8, 4) is 0 Å². The number of hydrogen-bond donors (Lipinski definition) is 1. The van der Waals surface area contributed by atoms with Gasteiger partial charge >= 0.3 is 35.8 Å². The van der Waals surface area contributed by atoms with E-state index in [2.05, 4.69) is 0 Å². The van der Waals surface area contributed by atoms with E-state index in [1.165, 1.54) is 27.7 Å². The fourth-order valence-corrected chi connectivity index (χ4v) is 8.56. The van der Waals surface area contributed by atoms with Crippen LogP contribution in [0.15, 0.2) is 11.1 Å². The molecule has 3 fully saturated rings. The highest BCUT2D eigenvalue weighted by Crippen LogP contribution is 2.67. The second-order valence-corrected chi connectivity index (χ2v) is 13.5. The van der Waals surface area contributed by atoms with Crippen LogP contribution in [0.1, 0.15) is 82.1 Å². The molecule has 4 aliphatic rings. The van der Waals surface area contributed by atoms with Crippen molar-refractivity contribution in [2.75, 3.05) is 6.61 Å². The number of ether oxygens (including phenoxy) is 7. The first-order valence-corrected chi connectivity index (χ1v) is 15.2. The Bertz CT molecular complexity index is 1360. The summed E-state index contributed by atoms with van der Waals surface area (Å²) >= 11 is 0. The molecular weight excluding hydrogens is 608 g/mol. The predicted molar refractivity (Wildman–Crippen MR) is 154 cm³/mol. The van der Waals surface area contributed by atoms with E-state index in [0.717, 1.165) is 13.8 Å². The van der Waals surface area contributed by atoms with E-state index in [4.69, 9.17) is 33.2 Å². The Kier molecular flexibility index (Phi) is 9.16. The Morgan fingerprint density at radius 1 is 0.739 bits per heavy atom. The second kappa shape index (κ2) is 11.9. The van der Waals surface area contributed by atoms with Gasteiger partial charge in [0.15, 0.2) is 17.8 Å². The van der Waals surface area contributed by atoms with Gasteiger partial charge in [0.05, 0.1) is 18.1 Å². The SMILES string of the molecule is CC(=O)O[C@H]1C[C@]2(OC(C)=O)[C@@H](OC(C)=O)[C@@H]3[C@@]4(CO4)[C@@H](O)C[C@H](OC(C)=O)[C@@]3(C)[C@@H](OC(C)=O)[C@H](OC(C)=O)C(=C1C)C2(C)C. The second-order valence-electron chi connectivity index (χ2n) is 13.5. The number of esters is 6. The lowest BCUT2D eigenvalue weighted by Crippen LogP contribution is -2.77. The van der Waals surface area contributed by atoms with E-state index >= 15 is 0 Å². The first kappa shape index (κ1) is 35.3. The van der Waals surface area contributed by atoms with Gasteiger partial charge in [0.1, 0.15) is 23.9 Å². The molecule has 1 saturated heterocycles. The van der Waals surface area contributed by atoms with Crippen molar-refractivity contribution in [3.63, 3.8) is 0 Å². The third-order valence-corrected chi connectivity index (χ3v) is 10.3. The standard InChI is InChI=1S/C32H44O14/c1-14-21(41-15(2)33)12-32(46-20(7)38)28(45-19(6)37)26-30(10,23(42-16(3)34)11-22(39)31(26)13-40-31)27(44-18(5)36)25(43-17(4)35)24(14)29(32,8)9/h21-23,25-28,39H,11-13H2,1-10H3/t21-,22-,23-,25+,26-,27-,28-,30+,31+,32-/m0/s1. The quantitative estimate of drug-likeness (QED) is 0.189. The van der Waals surface area contributed by atoms with E-state index in [9.17, 15) is 33.9 Å². The van der Waals surface area contributed by atoms with Gasteiger partial charge in [0.2, 0.25) is 0 Å². The van der Waals surface area contributed by atoms with Crippen molar-refractivity contribution >= 4 is 35.8 Å². The summed E-state index contributed by atoms with van der Waals surface area (Å²) in [4.78, 5) is 77.0. The molecule has 0 amide bonds. The smallest absolute Gasteiger partial charge is 0.303 e. The average Bonchev–Trinajstić information content (AvgIpc) is 3.67. The average molecular weight is 653 g/mol. The summed E-state index contributed by atoms with van der Waals surface area (Å²) in [5.41, 5.74) is -5.67. The monoisotopic (exact) mass is 652 g/mol. The molecule has 1 N–H and O–H groups in total. The van der Waals surface area contributed by atoms with Crippen LogP contribution in [-0.4, -0.2) is 95.4 Å². The Morgan fingerprint density at radius 3 is 1.70 bits per heavy atom. The molecule has 256 valence electrons. The minimum absolute atomic E-state index is 0.0460. The lowest BCUT2D eigenvalue weighted by atomic mass is 9.45. The fourth-order valence-electron chi connectivity index (χ4n) is 8.56. The topological polar surface area (TPSA) is 191 Å². The molecule has 1 heterocycles. The normalized spacial score (nSPS) is 39.1. The number of rotatable bonds is 6. The van der Waals surface area contributed by atoms with Crippen LogP contribution in [0.5, 0.6) is 0 Å². The van der Waals surface area contributed by atoms with Crippen LogP contribution in [0.3, 0.4) is 0 Å². The van der Waals surface area contributed by atoms with Crippen molar-refractivity contribution in [3.05, 3.63) is 11.1 Å². The largest absolute Gasteiger partial charge is 0.462 e. The number of fused-ring (bicyclic) bond motifs is 4. The van der Waals surface area contributed by atoms with Crippen LogP contribution in [0.25, 0.3) is 0 Å². The van der Waals surface area contributed by atoms with Gasteiger partial charge in [-0.15, -0.1) is 0 Å². The summed E-state index contributed by atoms with van der Waals surface area (Å²) in [6, 6.07) is 0. The number of aliphatic hydroxyl groups is 1. The van der Waals surface area contributed by atoms with Crippen molar-refractivity contribution < 1.29 is 67.0 Å². The number of hydrogen-bond acceptors (Lipinski definition) is 14. The molecule has 46 heavy (non-hydrogen) atoms. The van der Waals surface area contributed by atoms with Gasteiger partial charge in [0.25, 0.3) is 0 Å². The molecule has 14 heteroatoms. The third kappa shape index (κ3) is 5.56. The minimum Gasteiger partial charge on any atom is -0.462 e. The molecule has 0 aromatic heterocycles. The lowest BCUT2D eigenvalue weighted by Gasteiger charge is -2.65. The number of carbonyl (C=O) groups is 6. The molecule has 1 spiro atoms. The maximum atomic E-state index is 13.1. The van der Waals surface area contributed by atoms with Gasteiger partial charge in [-0.2, -0.15) is 0 Å². The number of carbonyl (C=O) groups excluding carboxylic acids is 6. The van der Waals surface area contributed by atoms with Gasteiger partial charge in [-0.05, 0) is 18.1 Å². The van der Waals surface area contributed by atoms with Crippen molar-refractivity contribution in [2.24, 2.45) is 16.7 Å². The highest BCUT2D eigenvalue weighted by Gasteiger charge is 2.80. The first-order chi connectivity index (χ1) is 21.1. The van der Waals surface area contributed by atoms with E-state index in [0.29, 0.717) is 5.57 Å². The Balaban J connectivity index is 2.26. The zero-order valence-electron chi connectivity index (χ0n) is 27.9. The molecule has 3 aliphatic carbocycles. The molecule has 2 bridgehead atoms.